The molecule has 2 amide bonds. The van der Waals surface area contributed by atoms with Gasteiger partial charge in [-0.15, -0.1) is 0 Å². The summed E-state index contributed by atoms with van der Waals surface area (Å²) in [6, 6.07) is 7.52. The second-order valence-electron chi connectivity index (χ2n) is 8.50. The van der Waals surface area contributed by atoms with Gasteiger partial charge in [-0.3, -0.25) is 9.59 Å². The van der Waals surface area contributed by atoms with E-state index < -0.39 is 0 Å². The zero-order valence-electron chi connectivity index (χ0n) is 18.9. The van der Waals surface area contributed by atoms with Crippen molar-refractivity contribution in [3.63, 3.8) is 0 Å². The van der Waals surface area contributed by atoms with Crippen LogP contribution in [0.5, 0.6) is 0 Å². The number of carbonyl (C=O) groups excluding carboxylic acids is 2. The van der Waals surface area contributed by atoms with Crippen molar-refractivity contribution in [2.24, 2.45) is 5.92 Å². The van der Waals surface area contributed by atoms with Crippen LogP contribution in [-0.2, 0) is 11.3 Å². The first-order valence-electron chi connectivity index (χ1n) is 10.6. The first-order chi connectivity index (χ1) is 14.7. The number of rotatable bonds is 5. The van der Waals surface area contributed by atoms with Crippen molar-refractivity contribution in [3.05, 3.63) is 52.2 Å². The average Bonchev–Trinajstić information content (AvgIpc) is 3.29. The van der Waals surface area contributed by atoms with E-state index in [1.54, 1.807) is 34.9 Å². The first kappa shape index (κ1) is 22.4. The summed E-state index contributed by atoms with van der Waals surface area (Å²) in [7, 11) is 0. The van der Waals surface area contributed by atoms with Crippen molar-refractivity contribution in [1.82, 2.24) is 14.4 Å². The van der Waals surface area contributed by atoms with Crippen LogP contribution in [0.3, 0.4) is 0 Å². The molecule has 0 spiro atoms. The average molecular weight is 423 g/mol. The second-order valence-corrected chi connectivity index (χ2v) is 8.50. The molecule has 2 aromatic heterocycles. The molecule has 0 radical (unpaired) electrons. The number of amides is 2. The maximum Gasteiger partial charge on any atom is 0.289 e. The molecule has 1 aliphatic heterocycles. The number of furan rings is 1. The second kappa shape index (κ2) is 9.25. The largest absolute Gasteiger partial charge is 0.456 e. The fourth-order valence-electron chi connectivity index (χ4n) is 3.91. The summed E-state index contributed by atoms with van der Waals surface area (Å²) in [5.41, 5.74) is 3.18. The van der Waals surface area contributed by atoms with Crippen LogP contribution in [0, 0.1) is 38.0 Å². The predicted molar refractivity (Wildman–Crippen MR) is 118 cm³/mol. The minimum Gasteiger partial charge on any atom is -0.456 e. The van der Waals surface area contributed by atoms with Crippen LogP contribution in [0.2, 0.25) is 0 Å². The zero-order chi connectivity index (χ0) is 22.7. The van der Waals surface area contributed by atoms with E-state index >= 15 is 0 Å². The third kappa shape index (κ3) is 4.91. The number of nitrogens with zero attached hydrogens (tertiary/aromatic N) is 4. The molecule has 7 nitrogen and oxygen atoms in total. The summed E-state index contributed by atoms with van der Waals surface area (Å²) in [5.74, 6) is 1.04. The molecule has 31 heavy (non-hydrogen) atoms. The van der Waals surface area contributed by atoms with Gasteiger partial charge in [0.15, 0.2) is 5.76 Å². The van der Waals surface area contributed by atoms with Crippen molar-refractivity contribution >= 4 is 17.9 Å². The summed E-state index contributed by atoms with van der Waals surface area (Å²) in [4.78, 5) is 28.8. The van der Waals surface area contributed by atoms with E-state index in [1.807, 2.05) is 19.9 Å². The maximum atomic E-state index is 13.0. The van der Waals surface area contributed by atoms with Crippen molar-refractivity contribution in [1.29, 1.82) is 5.26 Å². The van der Waals surface area contributed by atoms with Gasteiger partial charge in [-0.1, -0.05) is 13.8 Å². The smallest absolute Gasteiger partial charge is 0.289 e. The molecule has 1 aliphatic rings. The summed E-state index contributed by atoms with van der Waals surface area (Å²) < 4.78 is 7.63. The van der Waals surface area contributed by atoms with E-state index in [1.165, 1.54) is 0 Å². The number of nitriles is 1. The monoisotopic (exact) mass is 422 g/mol. The molecule has 0 atom stereocenters. The van der Waals surface area contributed by atoms with Crippen LogP contribution in [0.1, 0.15) is 47.1 Å². The lowest BCUT2D eigenvalue weighted by atomic mass is 10.1. The van der Waals surface area contributed by atoms with Gasteiger partial charge in [0, 0.05) is 44.1 Å². The van der Waals surface area contributed by atoms with Crippen molar-refractivity contribution in [3.8, 4) is 6.07 Å². The van der Waals surface area contributed by atoms with Crippen LogP contribution >= 0.6 is 0 Å². The van der Waals surface area contributed by atoms with Crippen LogP contribution in [0.15, 0.2) is 28.2 Å². The molecule has 3 rings (SSSR count). The fraction of sp³-hybridized carbons (Fsp3) is 0.458. The lowest BCUT2D eigenvalue weighted by molar-refractivity contribution is -0.128. The Morgan fingerprint density at radius 3 is 2.32 bits per heavy atom. The van der Waals surface area contributed by atoms with Gasteiger partial charge < -0.3 is 18.8 Å². The number of carbonyl (C=O) groups is 2. The van der Waals surface area contributed by atoms with E-state index in [0.29, 0.717) is 43.6 Å². The highest BCUT2D eigenvalue weighted by Gasteiger charge is 2.28. The molecular formula is C24H30N4O3. The van der Waals surface area contributed by atoms with Crippen molar-refractivity contribution in [2.45, 2.75) is 41.2 Å². The van der Waals surface area contributed by atoms with Gasteiger partial charge in [0.1, 0.15) is 17.4 Å². The Balaban J connectivity index is 1.69. The summed E-state index contributed by atoms with van der Waals surface area (Å²) in [6.45, 7) is 12.7. The number of aryl methyl sites for hydroxylation is 2. The Kier molecular flexibility index (Phi) is 6.69. The van der Waals surface area contributed by atoms with Crippen molar-refractivity contribution < 1.29 is 14.0 Å². The number of piperazine rings is 1. The highest BCUT2D eigenvalue weighted by atomic mass is 16.3. The van der Waals surface area contributed by atoms with Gasteiger partial charge in [0.2, 0.25) is 0 Å². The fourth-order valence-corrected chi connectivity index (χ4v) is 3.91. The molecular weight excluding hydrogens is 392 g/mol. The predicted octanol–water partition coefficient (Wildman–Crippen LogP) is 3.55. The first-order valence-corrected chi connectivity index (χ1v) is 10.6. The topological polar surface area (TPSA) is 82.5 Å². The third-order valence-corrected chi connectivity index (χ3v) is 5.62. The summed E-state index contributed by atoms with van der Waals surface area (Å²) in [5, 5.41) is 9.64. The van der Waals surface area contributed by atoms with Gasteiger partial charge in [0.05, 0.1) is 0 Å². The van der Waals surface area contributed by atoms with E-state index in [2.05, 4.69) is 24.5 Å². The lowest BCUT2D eigenvalue weighted by Gasteiger charge is -2.34. The highest BCUT2D eigenvalue weighted by Crippen LogP contribution is 2.21. The van der Waals surface area contributed by atoms with Crippen LogP contribution in [0.4, 0.5) is 0 Å². The molecule has 0 N–H and O–H groups in total. The Bertz CT molecular complexity index is 1040. The molecule has 164 valence electrons. The molecule has 0 bridgehead atoms. The van der Waals surface area contributed by atoms with Gasteiger partial charge in [-0.2, -0.15) is 5.26 Å². The molecule has 0 saturated carbocycles. The molecule has 1 fully saturated rings. The molecule has 1 saturated heterocycles. The Morgan fingerprint density at radius 2 is 1.77 bits per heavy atom. The molecule has 2 aromatic rings. The van der Waals surface area contributed by atoms with Crippen LogP contribution in [-0.4, -0.2) is 52.4 Å². The molecule has 3 heterocycles. The van der Waals surface area contributed by atoms with Crippen molar-refractivity contribution in [2.75, 3.05) is 26.2 Å². The molecule has 0 aliphatic carbocycles. The maximum absolute atomic E-state index is 13.0. The Morgan fingerprint density at radius 1 is 1.13 bits per heavy atom. The minimum atomic E-state index is -0.294. The van der Waals surface area contributed by atoms with Gasteiger partial charge >= 0.3 is 0 Å². The quantitative estimate of drug-likeness (QED) is 0.545. The Labute approximate surface area is 183 Å². The standard InChI is InChI=1S/C24H30N4O3/c1-16(2)15-28-17(3)12-20(19(28)5)13-21(14-25)23(29)26-8-10-27(11-9-26)24(30)22-7-6-18(4)31-22/h6-7,12-13,16H,8-11,15H2,1-5H3/b21-13-. The third-order valence-electron chi connectivity index (χ3n) is 5.62. The summed E-state index contributed by atoms with van der Waals surface area (Å²) in [6.07, 6.45) is 1.69. The SMILES string of the molecule is Cc1ccc(C(=O)N2CCN(C(=O)/C(C#N)=C\c3cc(C)n(CC(C)C)c3C)CC2)o1. The lowest BCUT2D eigenvalue weighted by Crippen LogP contribution is -2.50. The zero-order valence-corrected chi connectivity index (χ0v) is 18.9. The summed E-state index contributed by atoms with van der Waals surface area (Å²) >= 11 is 0. The molecule has 7 heteroatoms. The van der Waals surface area contributed by atoms with Gasteiger partial charge in [0.25, 0.3) is 11.8 Å². The minimum absolute atomic E-state index is 0.117. The Hall–Kier alpha value is -3.27. The van der Waals surface area contributed by atoms with Crippen LogP contribution < -0.4 is 0 Å². The highest BCUT2D eigenvalue weighted by molar-refractivity contribution is 6.02. The normalized spacial score (nSPS) is 14.8. The van der Waals surface area contributed by atoms with E-state index in [9.17, 15) is 14.9 Å². The van der Waals surface area contributed by atoms with Crippen LogP contribution in [0.25, 0.3) is 6.08 Å². The van der Waals surface area contributed by atoms with Gasteiger partial charge in [-0.25, -0.2) is 0 Å². The molecule has 0 unspecified atom stereocenters. The number of hydrogen-bond acceptors (Lipinski definition) is 4. The number of aromatic nitrogens is 1. The van der Waals surface area contributed by atoms with E-state index in [-0.39, 0.29) is 17.4 Å². The molecule has 0 aromatic carbocycles. The van der Waals surface area contributed by atoms with E-state index in [4.69, 9.17) is 4.42 Å². The number of hydrogen-bond donors (Lipinski definition) is 0. The van der Waals surface area contributed by atoms with Gasteiger partial charge in [-0.05, 0) is 56.5 Å². The van der Waals surface area contributed by atoms with E-state index in [0.717, 1.165) is 23.5 Å².